The highest BCUT2D eigenvalue weighted by molar-refractivity contribution is 5.76. The summed E-state index contributed by atoms with van der Waals surface area (Å²) in [6.45, 7) is 2.42. The number of fused-ring (bicyclic) bond motifs is 1. The molecule has 4 nitrogen and oxygen atoms in total. The quantitative estimate of drug-likeness (QED) is 0.555. The normalized spacial score (nSPS) is 14.4. The fourth-order valence-electron chi connectivity index (χ4n) is 2.10. The zero-order valence-electron chi connectivity index (χ0n) is 9.60. The number of isocyanates is 1. The van der Waals surface area contributed by atoms with Crippen molar-refractivity contribution in [3.8, 4) is 0 Å². The van der Waals surface area contributed by atoms with Crippen LogP contribution in [-0.4, -0.2) is 33.3 Å². The van der Waals surface area contributed by atoms with Gasteiger partial charge in [0.2, 0.25) is 6.08 Å². The van der Waals surface area contributed by atoms with Gasteiger partial charge >= 0.3 is 0 Å². The Kier molecular flexibility index (Phi) is 2.93. The summed E-state index contributed by atoms with van der Waals surface area (Å²) in [5.41, 5.74) is 3.46. The van der Waals surface area contributed by atoms with Crippen molar-refractivity contribution in [3.63, 3.8) is 0 Å². The SMILES string of the molecule is CN1CCN(C)c2c(CN=C=O)cccc21. The number of likely N-dealkylation sites (N-methyl/N-ethyl adjacent to an activating group) is 2. The van der Waals surface area contributed by atoms with Crippen LogP contribution < -0.4 is 9.80 Å². The van der Waals surface area contributed by atoms with Gasteiger partial charge in [0, 0.05) is 27.2 Å². The predicted molar refractivity (Wildman–Crippen MR) is 64.8 cm³/mol. The van der Waals surface area contributed by atoms with E-state index in [2.05, 4.69) is 35.0 Å². The fourth-order valence-corrected chi connectivity index (χ4v) is 2.10. The highest BCUT2D eigenvalue weighted by atomic mass is 16.1. The van der Waals surface area contributed by atoms with E-state index in [1.807, 2.05) is 12.1 Å². The van der Waals surface area contributed by atoms with Crippen molar-refractivity contribution in [2.24, 2.45) is 4.99 Å². The lowest BCUT2D eigenvalue weighted by atomic mass is 10.1. The lowest BCUT2D eigenvalue weighted by Gasteiger charge is -2.36. The van der Waals surface area contributed by atoms with Gasteiger partial charge in [0.05, 0.1) is 17.9 Å². The van der Waals surface area contributed by atoms with Crippen molar-refractivity contribution in [1.29, 1.82) is 0 Å². The van der Waals surface area contributed by atoms with E-state index >= 15 is 0 Å². The summed E-state index contributed by atoms with van der Waals surface area (Å²) in [5.74, 6) is 0. The maximum atomic E-state index is 10.2. The van der Waals surface area contributed by atoms with Gasteiger partial charge in [0.25, 0.3) is 0 Å². The van der Waals surface area contributed by atoms with Crippen LogP contribution >= 0.6 is 0 Å². The highest BCUT2D eigenvalue weighted by Crippen LogP contribution is 2.34. The number of hydrogen-bond acceptors (Lipinski definition) is 4. The van der Waals surface area contributed by atoms with Gasteiger partial charge in [-0.05, 0) is 11.6 Å². The third-order valence-corrected chi connectivity index (χ3v) is 2.98. The van der Waals surface area contributed by atoms with Gasteiger partial charge in [-0.1, -0.05) is 12.1 Å². The Labute approximate surface area is 95.2 Å². The first-order valence-corrected chi connectivity index (χ1v) is 5.32. The summed E-state index contributed by atoms with van der Waals surface area (Å²) >= 11 is 0. The molecule has 0 fully saturated rings. The number of aliphatic imine (C=N–C) groups is 1. The van der Waals surface area contributed by atoms with Gasteiger partial charge in [-0.2, -0.15) is 0 Å². The van der Waals surface area contributed by atoms with E-state index in [9.17, 15) is 4.79 Å². The second kappa shape index (κ2) is 4.37. The summed E-state index contributed by atoms with van der Waals surface area (Å²) in [4.78, 5) is 18.3. The van der Waals surface area contributed by atoms with E-state index in [1.165, 1.54) is 11.4 Å². The molecule has 4 heteroatoms. The number of para-hydroxylation sites is 1. The summed E-state index contributed by atoms with van der Waals surface area (Å²) in [5, 5.41) is 0. The number of anilines is 2. The first kappa shape index (κ1) is 10.7. The van der Waals surface area contributed by atoms with E-state index in [-0.39, 0.29) is 0 Å². The molecule has 1 aromatic rings. The molecule has 1 heterocycles. The molecule has 1 aliphatic rings. The van der Waals surface area contributed by atoms with Gasteiger partial charge in [-0.25, -0.2) is 9.79 Å². The molecule has 0 atom stereocenters. The lowest BCUT2D eigenvalue weighted by Crippen LogP contribution is -2.37. The first-order valence-electron chi connectivity index (χ1n) is 5.32. The van der Waals surface area contributed by atoms with E-state index in [0.29, 0.717) is 6.54 Å². The zero-order chi connectivity index (χ0) is 11.5. The minimum Gasteiger partial charge on any atom is -0.371 e. The van der Waals surface area contributed by atoms with E-state index in [0.717, 1.165) is 18.7 Å². The maximum absolute atomic E-state index is 10.2. The summed E-state index contributed by atoms with van der Waals surface area (Å²) in [6, 6.07) is 6.11. The molecule has 0 N–H and O–H groups in total. The average molecular weight is 217 g/mol. The minimum atomic E-state index is 0.408. The van der Waals surface area contributed by atoms with Crippen LogP contribution in [0.3, 0.4) is 0 Å². The number of carbonyl (C=O) groups excluding carboxylic acids is 1. The molecular formula is C12H15N3O. The number of benzene rings is 1. The molecule has 0 saturated carbocycles. The minimum absolute atomic E-state index is 0.408. The Morgan fingerprint density at radius 3 is 2.81 bits per heavy atom. The van der Waals surface area contributed by atoms with Crippen LogP contribution in [0.25, 0.3) is 0 Å². The zero-order valence-corrected chi connectivity index (χ0v) is 9.60. The van der Waals surface area contributed by atoms with E-state index in [4.69, 9.17) is 0 Å². The van der Waals surface area contributed by atoms with Crippen molar-refractivity contribution in [3.05, 3.63) is 23.8 Å². The second-order valence-corrected chi connectivity index (χ2v) is 4.04. The Morgan fingerprint density at radius 1 is 1.31 bits per heavy atom. The van der Waals surface area contributed by atoms with Crippen LogP contribution in [-0.2, 0) is 11.3 Å². The Hall–Kier alpha value is -1.80. The molecular weight excluding hydrogens is 202 g/mol. The maximum Gasteiger partial charge on any atom is 0.235 e. The largest absolute Gasteiger partial charge is 0.371 e. The average Bonchev–Trinajstić information content (AvgIpc) is 2.31. The first-order chi connectivity index (χ1) is 7.74. The molecule has 1 aromatic carbocycles. The predicted octanol–water partition coefficient (Wildman–Crippen LogP) is 1.41. The molecule has 0 unspecified atom stereocenters. The molecule has 0 radical (unpaired) electrons. The van der Waals surface area contributed by atoms with Gasteiger partial charge in [-0.15, -0.1) is 0 Å². The summed E-state index contributed by atoms with van der Waals surface area (Å²) < 4.78 is 0. The number of rotatable bonds is 2. The Morgan fingerprint density at radius 2 is 2.06 bits per heavy atom. The Bertz CT molecular complexity index is 438. The van der Waals surface area contributed by atoms with Crippen LogP contribution in [0.1, 0.15) is 5.56 Å². The Balaban J connectivity index is 2.47. The van der Waals surface area contributed by atoms with E-state index in [1.54, 1.807) is 6.08 Å². The van der Waals surface area contributed by atoms with Crippen molar-refractivity contribution < 1.29 is 4.79 Å². The molecule has 0 aliphatic carbocycles. The molecule has 2 rings (SSSR count). The third-order valence-electron chi connectivity index (χ3n) is 2.98. The molecule has 0 aromatic heterocycles. The highest BCUT2D eigenvalue weighted by Gasteiger charge is 2.19. The van der Waals surface area contributed by atoms with Crippen molar-refractivity contribution in [2.45, 2.75) is 6.54 Å². The van der Waals surface area contributed by atoms with Crippen LogP contribution in [0.4, 0.5) is 11.4 Å². The molecule has 0 amide bonds. The molecule has 1 aliphatic heterocycles. The fraction of sp³-hybridized carbons (Fsp3) is 0.417. The number of nitrogens with zero attached hydrogens (tertiary/aromatic N) is 3. The van der Waals surface area contributed by atoms with Gasteiger partial charge in [-0.3, -0.25) is 0 Å². The standard InChI is InChI=1S/C12H15N3O/c1-14-6-7-15(2)12-10(8-13-9-16)4-3-5-11(12)14/h3-5H,6-8H2,1-2H3. The monoisotopic (exact) mass is 217 g/mol. The van der Waals surface area contributed by atoms with E-state index < -0.39 is 0 Å². The van der Waals surface area contributed by atoms with Crippen LogP contribution in [0.2, 0.25) is 0 Å². The lowest BCUT2D eigenvalue weighted by molar-refractivity contribution is 0.562. The van der Waals surface area contributed by atoms with Crippen molar-refractivity contribution in [1.82, 2.24) is 0 Å². The van der Waals surface area contributed by atoms with Gasteiger partial charge < -0.3 is 9.80 Å². The second-order valence-electron chi connectivity index (χ2n) is 4.04. The third kappa shape index (κ3) is 1.79. The molecule has 0 spiro atoms. The topological polar surface area (TPSA) is 35.9 Å². The number of hydrogen-bond donors (Lipinski definition) is 0. The van der Waals surface area contributed by atoms with Gasteiger partial charge in [0.15, 0.2) is 0 Å². The molecule has 0 saturated heterocycles. The van der Waals surface area contributed by atoms with Crippen LogP contribution in [0.5, 0.6) is 0 Å². The molecule has 16 heavy (non-hydrogen) atoms. The van der Waals surface area contributed by atoms with Crippen molar-refractivity contribution >= 4 is 17.5 Å². The summed E-state index contributed by atoms with van der Waals surface area (Å²) in [6.07, 6.45) is 1.59. The summed E-state index contributed by atoms with van der Waals surface area (Å²) in [7, 11) is 4.15. The molecule has 0 bridgehead atoms. The van der Waals surface area contributed by atoms with Crippen LogP contribution in [0.15, 0.2) is 23.2 Å². The molecule has 84 valence electrons. The van der Waals surface area contributed by atoms with Crippen molar-refractivity contribution in [2.75, 3.05) is 37.0 Å². The van der Waals surface area contributed by atoms with Gasteiger partial charge in [0.1, 0.15) is 0 Å². The smallest absolute Gasteiger partial charge is 0.235 e. The van der Waals surface area contributed by atoms with Crippen LogP contribution in [0, 0.1) is 0 Å².